The van der Waals surface area contributed by atoms with Crippen molar-refractivity contribution in [1.82, 2.24) is 14.7 Å². The molecule has 0 aliphatic carbocycles. The maximum atomic E-state index is 14.2. The van der Waals surface area contributed by atoms with Gasteiger partial charge < -0.3 is 15.7 Å². The van der Waals surface area contributed by atoms with Crippen molar-refractivity contribution in [3.63, 3.8) is 0 Å². The van der Waals surface area contributed by atoms with Crippen LogP contribution in [0.15, 0.2) is 24.3 Å². The highest BCUT2D eigenvalue weighted by molar-refractivity contribution is 5.94. The van der Waals surface area contributed by atoms with E-state index in [2.05, 4.69) is 4.90 Å². The Morgan fingerprint density at radius 1 is 1.14 bits per heavy atom. The largest absolute Gasteiger partial charge is 0.408 e. The van der Waals surface area contributed by atoms with Crippen molar-refractivity contribution < 1.29 is 27.9 Å². The van der Waals surface area contributed by atoms with E-state index in [0.29, 0.717) is 32.7 Å². The molecule has 0 spiro atoms. The Morgan fingerprint density at radius 3 is 2.11 bits per heavy atom. The lowest BCUT2D eigenvalue weighted by atomic mass is 9.96. The van der Waals surface area contributed by atoms with Crippen LogP contribution in [0.25, 0.3) is 0 Å². The zero-order valence-electron chi connectivity index (χ0n) is 21.3. The number of benzene rings is 1. The molecule has 200 valence electrons. The quantitative estimate of drug-likeness (QED) is 0.467. The van der Waals surface area contributed by atoms with Crippen LogP contribution in [0, 0.1) is 17.2 Å². The number of β-amino-alcohol motifs (C(OH)–C–C–N with tert-alkyl or cyclic N) is 1. The summed E-state index contributed by atoms with van der Waals surface area (Å²) >= 11 is 0. The van der Waals surface area contributed by atoms with Crippen molar-refractivity contribution in [3.05, 3.63) is 35.4 Å². The number of aliphatic hydroxyl groups is 1. The van der Waals surface area contributed by atoms with E-state index in [-0.39, 0.29) is 29.4 Å². The van der Waals surface area contributed by atoms with Crippen molar-refractivity contribution in [1.29, 1.82) is 5.26 Å². The predicted octanol–water partition coefficient (Wildman–Crippen LogP) is 2.54. The smallest absolute Gasteiger partial charge is 0.389 e. The number of carbonyl (C=O) groups is 2. The average molecular weight is 512 g/mol. The molecule has 0 radical (unpaired) electrons. The normalized spacial score (nSPS) is 17.2. The summed E-state index contributed by atoms with van der Waals surface area (Å²) in [5.74, 6) is -1.35. The molecule has 3 N–H and O–H groups in total. The van der Waals surface area contributed by atoms with Gasteiger partial charge in [-0.05, 0) is 43.9 Å². The highest BCUT2D eigenvalue weighted by Gasteiger charge is 2.48. The molecule has 1 saturated heterocycles. The number of piperazine rings is 1. The molecule has 0 bridgehead atoms. The second-order valence-corrected chi connectivity index (χ2v) is 10.3. The van der Waals surface area contributed by atoms with E-state index in [9.17, 15) is 33.1 Å². The minimum atomic E-state index is -4.79. The Kier molecular flexibility index (Phi) is 9.88. The second-order valence-electron chi connectivity index (χ2n) is 10.3. The summed E-state index contributed by atoms with van der Waals surface area (Å²) in [6.45, 7) is 8.82. The molecule has 1 aliphatic heterocycles. The molecule has 2 rings (SSSR count). The number of nitriles is 1. The highest BCUT2D eigenvalue weighted by atomic mass is 19.4. The van der Waals surface area contributed by atoms with Gasteiger partial charge in [-0.25, -0.2) is 0 Å². The first-order valence-electron chi connectivity index (χ1n) is 12.0. The Hall–Kier alpha value is -2.68. The lowest BCUT2D eigenvalue weighted by molar-refractivity contribution is -0.192. The topological polar surface area (TPSA) is 114 Å². The first-order chi connectivity index (χ1) is 16.6. The van der Waals surface area contributed by atoms with Crippen molar-refractivity contribution in [2.75, 3.05) is 39.3 Å². The van der Waals surface area contributed by atoms with Crippen LogP contribution < -0.4 is 5.73 Å². The molecule has 2 atom stereocenters. The predicted molar refractivity (Wildman–Crippen MR) is 129 cm³/mol. The molecule has 1 aliphatic rings. The van der Waals surface area contributed by atoms with Crippen LogP contribution in [0.2, 0.25) is 0 Å². The van der Waals surface area contributed by atoms with Crippen LogP contribution in [-0.2, 0) is 4.79 Å². The summed E-state index contributed by atoms with van der Waals surface area (Å²) in [5.41, 5.74) is 4.66. The summed E-state index contributed by atoms with van der Waals surface area (Å²) < 4.78 is 42.7. The molecule has 0 aromatic heterocycles. The van der Waals surface area contributed by atoms with Crippen molar-refractivity contribution >= 4 is 11.8 Å². The number of primary amides is 1. The van der Waals surface area contributed by atoms with Gasteiger partial charge in [-0.2, -0.15) is 18.4 Å². The Bertz CT molecular complexity index is 930. The number of halogens is 3. The van der Waals surface area contributed by atoms with Gasteiger partial charge in [-0.15, -0.1) is 0 Å². The molecule has 0 saturated carbocycles. The molecule has 1 aromatic carbocycles. The highest BCUT2D eigenvalue weighted by Crippen LogP contribution is 2.39. The van der Waals surface area contributed by atoms with E-state index in [1.807, 2.05) is 0 Å². The number of hydrogen-bond acceptors (Lipinski definition) is 6. The number of nitrogens with two attached hydrogens (primary N) is 1. The van der Waals surface area contributed by atoms with Crippen molar-refractivity contribution in [3.8, 4) is 6.07 Å². The van der Waals surface area contributed by atoms with Crippen LogP contribution in [-0.4, -0.2) is 88.7 Å². The van der Waals surface area contributed by atoms with Gasteiger partial charge in [-0.1, -0.05) is 26.0 Å². The van der Waals surface area contributed by atoms with Gasteiger partial charge in [0.15, 0.2) is 0 Å². The Morgan fingerprint density at radius 2 is 1.69 bits per heavy atom. The first kappa shape index (κ1) is 29.5. The number of rotatable bonds is 10. The first-order valence-corrected chi connectivity index (χ1v) is 12.0. The number of alkyl halides is 3. The molecule has 1 heterocycles. The molecule has 1 aromatic rings. The summed E-state index contributed by atoms with van der Waals surface area (Å²) in [4.78, 5) is 29.5. The molecular formula is C25H36F3N5O3. The van der Waals surface area contributed by atoms with Gasteiger partial charge in [-0.3, -0.25) is 19.4 Å². The van der Waals surface area contributed by atoms with Gasteiger partial charge >= 0.3 is 6.18 Å². The lowest BCUT2D eigenvalue weighted by Crippen LogP contribution is -2.52. The fraction of sp³-hybridized carbons (Fsp3) is 0.640. The van der Waals surface area contributed by atoms with E-state index in [0.717, 1.165) is 4.90 Å². The lowest BCUT2D eigenvalue weighted by Gasteiger charge is -2.37. The second kappa shape index (κ2) is 12.0. The fourth-order valence-corrected chi connectivity index (χ4v) is 4.54. The van der Waals surface area contributed by atoms with Gasteiger partial charge in [0, 0.05) is 38.3 Å². The van der Waals surface area contributed by atoms with Crippen LogP contribution in [0.5, 0.6) is 0 Å². The number of nitrogens with zero attached hydrogens (tertiary/aromatic N) is 4. The number of hydrogen-bond donors (Lipinski definition) is 2. The van der Waals surface area contributed by atoms with E-state index < -0.39 is 36.3 Å². The minimum Gasteiger partial charge on any atom is -0.389 e. The third kappa shape index (κ3) is 8.18. The average Bonchev–Trinajstić information content (AvgIpc) is 2.75. The molecule has 11 heteroatoms. The molecular weight excluding hydrogens is 475 g/mol. The van der Waals surface area contributed by atoms with Gasteiger partial charge in [0.25, 0.3) is 5.91 Å². The van der Waals surface area contributed by atoms with Crippen LogP contribution >= 0.6 is 0 Å². The summed E-state index contributed by atoms with van der Waals surface area (Å²) in [7, 11) is 0. The Labute approximate surface area is 210 Å². The van der Waals surface area contributed by atoms with Crippen molar-refractivity contribution in [2.45, 2.75) is 58.0 Å². The maximum Gasteiger partial charge on any atom is 0.408 e. The molecule has 1 unspecified atom stereocenters. The SMILES string of the molecule is CC(C)C[C@@H](C(N)=O)N(CC#N)C(c1ccc(C(=O)N2CCN(CC(C)(C)O)CC2)cc1)C(F)(F)F. The summed E-state index contributed by atoms with van der Waals surface area (Å²) in [6, 6.07) is 3.32. The van der Waals surface area contributed by atoms with E-state index in [1.54, 1.807) is 38.7 Å². The number of carbonyl (C=O) groups excluding carboxylic acids is 2. The van der Waals surface area contributed by atoms with Crippen molar-refractivity contribution in [2.24, 2.45) is 11.7 Å². The fourth-order valence-electron chi connectivity index (χ4n) is 4.54. The third-order valence-electron chi connectivity index (χ3n) is 6.06. The number of amides is 2. The molecule has 1 fully saturated rings. The maximum absolute atomic E-state index is 14.2. The standard InChI is InChI=1S/C25H36F3N5O3/c1-17(2)15-20(22(30)34)33(10-9-29)21(25(26,27)28)18-5-7-19(8-6-18)23(35)32-13-11-31(12-14-32)16-24(3,4)36/h5-8,17,20-21,36H,10-16H2,1-4H3,(H2,30,34)/t20-,21?/m0/s1. The van der Waals surface area contributed by atoms with Gasteiger partial charge in [0.2, 0.25) is 5.91 Å². The van der Waals surface area contributed by atoms with Crippen LogP contribution in [0.3, 0.4) is 0 Å². The van der Waals surface area contributed by atoms with Crippen LogP contribution in [0.4, 0.5) is 13.2 Å². The van der Waals surface area contributed by atoms with E-state index in [4.69, 9.17) is 5.73 Å². The van der Waals surface area contributed by atoms with Gasteiger partial charge in [0.05, 0.1) is 24.3 Å². The van der Waals surface area contributed by atoms with E-state index >= 15 is 0 Å². The van der Waals surface area contributed by atoms with Gasteiger partial charge in [0.1, 0.15) is 6.04 Å². The summed E-state index contributed by atoms with van der Waals surface area (Å²) in [5, 5.41) is 19.2. The molecule has 8 nitrogen and oxygen atoms in total. The molecule has 2 amide bonds. The van der Waals surface area contributed by atoms with E-state index in [1.165, 1.54) is 24.3 Å². The Balaban J connectivity index is 2.25. The molecule has 36 heavy (non-hydrogen) atoms. The zero-order valence-corrected chi connectivity index (χ0v) is 21.3. The minimum absolute atomic E-state index is 0.0691. The summed E-state index contributed by atoms with van der Waals surface area (Å²) in [6.07, 6.45) is -4.72. The van der Waals surface area contributed by atoms with Crippen LogP contribution in [0.1, 0.15) is 56.1 Å². The third-order valence-corrected chi connectivity index (χ3v) is 6.06. The monoisotopic (exact) mass is 511 g/mol. The zero-order chi connectivity index (χ0) is 27.3.